The van der Waals surface area contributed by atoms with Crippen LogP contribution in [0.2, 0.25) is 0 Å². The Hall–Kier alpha value is -0.820. The smallest absolute Gasteiger partial charge is 0.414 e. The molecule has 0 saturated carbocycles. The van der Waals surface area contributed by atoms with Crippen LogP contribution in [0.15, 0.2) is 0 Å². The molecule has 102 valence electrons. The number of carbonyl (C=O) groups excluding carboxylic acids is 1. The van der Waals surface area contributed by atoms with Gasteiger partial charge in [-0.25, -0.2) is 4.79 Å². The van der Waals surface area contributed by atoms with Gasteiger partial charge in [0.05, 0.1) is 13.7 Å². The molecule has 0 heterocycles. The maximum absolute atomic E-state index is 12.2. The second-order valence-electron chi connectivity index (χ2n) is 3.85. The minimum Gasteiger partial charge on any atom is -0.468 e. The van der Waals surface area contributed by atoms with Crippen LogP contribution in [-0.2, 0) is 14.3 Å². The average molecular weight is 257 g/mol. The normalized spacial score (nSPS) is 17.4. The summed E-state index contributed by atoms with van der Waals surface area (Å²) in [7, 11) is 1.17. The second-order valence-corrected chi connectivity index (χ2v) is 3.85. The predicted octanol–water partition coefficient (Wildman–Crippen LogP) is 1.49. The number of rotatable bonds is 6. The first-order valence-corrected chi connectivity index (χ1v) is 5.19. The Morgan fingerprint density at radius 3 is 2.29 bits per heavy atom. The van der Waals surface area contributed by atoms with Crippen LogP contribution in [-0.4, -0.2) is 44.0 Å². The number of hydrogen-bond donors (Lipinski definition) is 1. The van der Waals surface area contributed by atoms with Crippen molar-refractivity contribution >= 4 is 5.97 Å². The van der Waals surface area contributed by atoms with Gasteiger partial charge in [0, 0.05) is 0 Å². The highest BCUT2D eigenvalue weighted by atomic mass is 19.4. The van der Waals surface area contributed by atoms with Gasteiger partial charge in [0.25, 0.3) is 0 Å². The van der Waals surface area contributed by atoms with E-state index in [0.717, 1.165) is 6.92 Å². The highest BCUT2D eigenvalue weighted by Crippen LogP contribution is 2.23. The lowest BCUT2D eigenvalue weighted by Gasteiger charge is -2.29. The molecule has 0 fully saturated rings. The van der Waals surface area contributed by atoms with Gasteiger partial charge in [-0.2, -0.15) is 13.2 Å². The van der Waals surface area contributed by atoms with Crippen molar-refractivity contribution in [2.24, 2.45) is 0 Å². The number of alkyl halides is 3. The number of ether oxygens (including phenoxy) is 2. The molecule has 0 aromatic heterocycles. The third-order valence-corrected chi connectivity index (χ3v) is 2.29. The van der Waals surface area contributed by atoms with Crippen LogP contribution in [0.3, 0.4) is 0 Å². The zero-order chi connectivity index (χ0) is 13.7. The summed E-state index contributed by atoms with van der Waals surface area (Å²) in [4.78, 5) is 11.4. The summed E-state index contributed by atoms with van der Waals surface area (Å²) in [5, 5.41) is 2.75. The first kappa shape index (κ1) is 16.2. The lowest BCUT2D eigenvalue weighted by Crippen LogP contribution is -2.54. The fourth-order valence-electron chi connectivity index (χ4n) is 1.18. The number of hydrogen-bond acceptors (Lipinski definition) is 4. The summed E-state index contributed by atoms with van der Waals surface area (Å²) in [6.07, 6.45) is -6.37. The molecule has 2 atom stereocenters. The van der Waals surface area contributed by atoms with Crippen LogP contribution in [0, 0.1) is 0 Å². The predicted molar refractivity (Wildman–Crippen MR) is 55.6 cm³/mol. The maximum atomic E-state index is 12.2. The van der Waals surface area contributed by atoms with E-state index in [4.69, 9.17) is 0 Å². The lowest BCUT2D eigenvalue weighted by molar-refractivity contribution is -0.219. The van der Waals surface area contributed by atoms with Crippen molar-refractivity contribution in [3.05, 3.63) is 0 Å². The zero-order valence-electron chi connectivity index (χ0n) is 10.4. The molecule has 0 amide bonds. The summed E-state index contributed by atoms with van der Waals surface area (Å²) in [6, 6.07) is 0. The second kappa shape index (κ2) is 6.20. The minimum atomic E-state index is -4.44. The van der Waals surface area contributed by atoms with Crippen molar-refractivity contribution in [3.63, 3.8) is 0 Å². The van der Waals surface area contributed by atoms with E-state index in [1.54, 1.807) is 6.92 Å². The molecule has 0 saturated heterocycles. The SMILES string of the molecule is CCNC(C)(COC(C)C(F)(F)F)C(=O)OC. The van der Waals surface area contributed by atoms with Crippen molar-refractivity contribution in [1.82, 2.24) is 5.32 Å². The van der Waals surface area contributed by atoms with Gasteiger partial charge in [-0.15, -0.1) is 0 Å². The van der Waals surface area contributed by atoms with E-state index < -0.39 is 30.4 Å². The topological polar surface area (TPSA) is 47.6 Å². The van der Waals surface area contributed by atoms with Crippen LogP contribution in [0.5, 0.6) is 0 Å². The highest BCUT2D eigenvalue weighted by molar-refractivity contribution is 5.80. The van der Waals surface area contributed by atoms with Gasteiger partial charge in [-0.05, 0) is 20.4 Å². The van der Waals surface area contributed by atoms with Gasteiger partial charge in [0.15, 0.2) is 6.10 Å². The molecule has 4 nitrogen and oxygen atoms in total. The molecule has 0 spiro atoms. The first-order valence-electron chi connectivity index (χ1n) is 5.19. The molecule has 2 unspecified atom stereocenters. The largest absolute Gasteiger partial charge is 0.468 e. The maximum Gasteiger partial charge on any atom is 0.414 e. The van der Waals surface area contributed by atoms with Crippen molar-refractivity contribution in [1.29, 1.82) is 0 Å². The van der Waals surface area contributed by atoms with Gasteiger partial charge in [-0.1, -0.05) is 6.92 Å². The van der Waals surface area contributed by atoms with E-state index >= 15 is 0 Å². The molecule has 17 heavy (non-hydrogen) atoms. The Kier molecular flexibility index (Phi) is 5.91. The van der Waals surface area contributed by atoms with Crippen molar-refractivity contribution in [3.8, 4) is 0 Å². The number of esters is 1. The Morgan fingerprint density at radius 1 is 1.41 bits per heavy atom. The number of likely N-dealkylation sites (N-methyl/N-ethyl adjacent to an activating group) is 1. The van der Waals surface area contributed by atoms with Gasteiger partial charge < -0.3 is 14.8 Å². The number of methoxy groups -OCH3 is 1. The number of halogens is 3. The minimum absolute atomic E-state index is 0.409. The standard InChI is InChI=1S/C10H18F3NO3/c1-5-14-9(3,8(15)16-4)6-17-7(2)10(11,12)13/h7,14H,5-6H2,1-4H3. The molecule has 0 aliphatic carbocycles. The lowest BCUT2D eigenvalue weighted by atomic mass is 10.0. The Labute approximate surface area is 98.5 Å². The molecular formula is C10H18F3NO3. The van der Waals surface area contributed by atoms with Crippen LogP contribution in [0.1, 0.15) is 20.8 Å². The molecule has 1 N–H and O–H groups in total. The number of nitrogens with one attached hydrogen (secondary N) is 1. The van der Waals surface area contributed by atoms with Crippen LogP contribution in [0.4, 0.5) is 13.2 Å². The van der Waals surface area contributed by atoms with Crippen LogP contribution >= 0.6 is 0 Å². The monoisotopic (exact) mass is 257 g/mol. The molecule has 0 aromatic rings. The Morgan fingerprint density at radius 2 is 1.94 bits per heavy atom. The average Bonchev–Trinajstić information content (AvgIpc) is 2.23. The zero-order valence-corrected chi connectivity index (χ0v) is 10.4. The van der Waals surface area contributed by atoms with Crippen LogP contribution in [0.25, 0.3) is 0 Å². The third kappa shape index (κ3) is 4.91. The van der Waals surface area contributed by atoms with Gasteiger partial charge in [0.2, 0.25) is 0 Å². The quantitative estimate of drug-likeness (QED) is 0.732. The summed E-state index contributed by atoms with van der Waals surface area (Å²) in [5.41, 5.74) is -1.27. The van der Waals surface area contributed by atoms with Crippen molar-refractivity contribution in [2.45, 2.75) is 38.6 Å². The molecule has 0 rings (SSSR count). The Balaban J connectivity index is 4.52. The van der Waals surface area contributed by atoms with Gasteiger partial charge >= 0.3 is 12.1 Å². The summed E-state index contributed by atoms with van der Waals surface area (Å²) >= 11 is 0. The van der Waals surface area contributed by atoms with E-state index in [0.29, 0.717) is 6.54 Å². The van der Waals surface area contributed by atoms with Gasteiger partial charge in [0.1, 0.15) is 5.54 Å². The molecule has 0 aromatic carbocycles. The summed E-state index contributed by atoms with van der Waals surface area (Å²) in [5.74, 6) is -0.659. The molecule has 7 heteroatoms. The third-order valence-electron chi connectivity index (χ3n) is 2.29. The van der Waals surface area contributed by atoms with Gasteiger partial charge in [-0.3, -0.25) is 0 Å². The summed E-state index contributed by atoms with van der Waals surface area (Å²) < 4.78 is 45.9. The molecule has 0 aliphatic heterocycles. The molecule has 0 radical (unpaired) electrons. The van der Waals surface area contributed by atoms with Crippen LogP contribution < -0.4 is 5.32 Å². The Bertz CT molecular complexity index is 258. The molecule has 0 aliphatic rings. The summed E-state index contributed by atoms with van der Waals surface area (Å²) in [6.45, 7) is 4.06. The van der Waals surface area contributed by atoms with Crippen molar-refractivity contribution in [2.75, 3.05) is 20.3 Å². The fourth-order valence-corrected chi connectivity index (χ4v) is 1.18. The van der Waals surface area contributed by atoms with Crippen molar-refractivity contribution < 1.29 is 27.4 Å². The van der Waals surface area contributed by atoms with E-state index in [1.807, 2.05) is 0 Å². The van der Waals surface area contributed by atoms with E-state index in [1.165, 1.54) is 14.0 Å². The van der Waals surface area contributed by atoms with E-state index in [2.05, 4.69) is 14.8 Å². The van der Waals surface area contributed by atoms with E-state index in [-0.39, 0.29) is 0 Å². The number of carbonyl (C=O) groups is 1. The highest BCUT2D eigenvalue weighted by Gasteiger charge is 2.40. The fraction of sp³-hybridized carbons (Fsp3) is 0.900. The van der Waals surface area contributed by atoms with E-state index in [9.17, 15) is 18.0 Å². The first-order chi connectivity index (χ1) is 7.67. The molecule has 0 bridgehead atoms. The molecular weight excluding hydrogens is 239 g/mol.